The fourth-order valence-corrected chi connectivity index (χ4v) is 5.95. The topological polar surface area (TPSA) is 149 Å². The molecule has 2 N–H and O–H groups in total. The van der Waals surface area contributed by atoms with E-state index in [1.54, 1.807) is 66.0 Å². The third-order valence-corrected chi connectivity index (χ3v) is 8.50. The van der Waals surface area contributed by atoms with Crippen LogP contribution in [0.1, 0.15) is 21.5 Å². The fraction of sp³-hybridized carbons (Fsp3) is 0.135. The number of H-pyrrole nitrogens is 2. The lowest BCUT2D eigenvalue weighted by Crippen LogP contribution is -2.14. The van der Waals surface area contributed by atoms with E-state index >= 15 is 0 Å². The minimum Gasteiger partial charge on any atom is -0.494 e. The van der Waals surface area contributed by atoms with Gasteiger partial charge in [-0.2, -0.15) is 10.5 Å². The third-order valence-electron chi connectivity index (χ3n) is 8.50. The first-order chi connectivity index (χ1) is 24.0. The molecule has 0 aliphatic rings. The summed E-state index contributed by atoms with van der Waals surface area (Å²) in [4.78, 5) is 33.2. The molecule has 3 aromatic heterocycles. The number of aromatic nitrogens is 3. The smallest absolute Gasteiger partial charge is 0.342 e. The Hall–Kier alpha value is -6.86. The molecule has 0 saturated carbocycles. The minimum atomic E-state index is -0.531. The highest BCUT2D eigenvalue weighted by atomic mass is 19.1. The van der Waals surface area contributed by atoms with Crippen LogP contribution in [0.4, 0.5) is 20.3 Å². The summed E-state index contributed by atoms with van der Waals surface area (Å²) in [7, 11) is 7.51. The second kappa shape index (κ2) is 13.0. The number of aryl methyl sites for hydroxylation is 1. The van der Waals surface area contributed by atoms with Gasteiger partial charge in [0.25, 0.3) is 0 Å². The predicted molar refractivity (Wildman–Crippen MR) is 185 cm³/mol. The van der Waals surface area contributed by atoms with Gasteiger partial charge >= 0.3 is 5.97 Å². The zero-order valence-corrected chi connectivity index (χ0v) is 27.4. The Balaban J connectivity index is 0.000000173. The van der Waals surface area contributed by atoms with Gasteiger partial charge in [0.05, 0.1) is 60.9 Å². The van der Waals surface area contributed by atoms with Crippen LogP contribution in [0.5, 0.6) is 11.5 Å². The van der Waals surface area contributed by atoms with Crippen molar-refractivity contribution in [2.75, 3.05) is 33.3 Å². The Morgan fingerprint density at radius 2 is 1.42 bits per heavy atom. The van der Waals surface area contributed by atoms with E-state index in [1.165, 1.54) is 45.6 Å². The van der Waals surface area contributed by atoms with Gasteiger partial charge in [0.1, 0.15) is 17.0 Å². The van der Waals surface area contributed by atoms with Crippen LogP contribution in [0.3, 0.4) is 0 Å². The summed E-state index contributed by atoms with van der Waals surface area (Å²) in [5.74, 6) is -0.971. The number of carbonyl (C=O) groups excluding carboxylic acids is 1. The lowest BCUT2D eigenvalue weighted by Gasteiger charge is -2.19. The van der Waals surface area contributed by atoms with Gasteiger partial charge in [-0.15, -0.1) is 0 Å². The number of nitrogens with zero attached hydrogens (tertiary/aromatic N) is 4. The lowest BCUT2D eigenvalue weighted by molar-refractivity contribution is 0.0604. The Kier molecular flexibility index (Phi) is 8.58. The first-order valence-electron chi connectivity index (χ1n) is 15.0. The number of hydrogen-bond donors (Lipinski definition) is 2. The van der Waals surface area contributed by atoms with Crippen molar-refractivity contribution in [3.05, 3.63) is 105 Å². The Morgan fingerprint density at radius 1 is 0.800 bits per heavy atom. The average molecular weight is 675 g/mol. The number of nitriles is 2. The van der Waals surface area contributed by atoms with E-state index in [4.69, 9.17) is 24.7 Å². The molecule has 0 unspecified atom stereocenters. The Labute approximate surface area is 283 Å². The molecule has 0 aliphatic carbocycles. The zero-order valence-electron chi connectivity index (χ0n) is 27.4. The first-order valence-corrected chi connectivity index (χ1v) is 15.0. The average Bonchev–Trinajstić information content (AvgIpc) is 3.71. The van der Waals surface area contributed by atoms with Crippen molar-refractivity contribution in [3.63, 3.8) is 0 Å². The molecule has 7 rings (SSSR count). The molecule has 250 valence electrons. The Morgan fingerprint density at radius 3 is 2.02 bits per heavy atom. The number of rotatable bonds is 5. The largest absolute Gasteiger partial charge is 0.494 e. The van der Waals surface area contributed by atoms with Gasteiger partial charge in [0, 0.05) is 53.7 Å². The number of methoxy groups -OCH3 is 3. The van der Waals surface area contributed by atoms with Gasteiger partial charge in [0.15, 0.2) is 28.6 Å². The van der Waals surface area contributed by atoms with Gasteiger partial charge in [-0.05, 0) is 42.5 Å². The molecule has 4 aromatic carbocycles. The summed E-state index contributed by atoms with van der Waals surface area (Å²) < 4.78 is 44.7. The monoisotopic (exact) mass is 674 g/mol. The zero-order chi connectivity index (χ0) is 35.9. The minimum absolute atomic E-state index is 0.0329. The number of carbonyl (C=O) groups is 1. The number of anilines is 2. The molecule has 13 heteroatoms. The molecule has 0 bridgehead atoms. The molecule has 0 aliphatic heterocycles. The second-order valence-corrected chi connectivity index (χ2v) is 11.2. The number of pyridine rings is 1. The van der Waals surface area contributed by atoms with Crippen molar-refractivity contribution in [2.45, 2.75) is 0 Å². The molecule has 0 saturated heterocycles. The van der Waals surface area contributed by atoms with Gasteiger partial charge in [0.2, 0.25) is 0 Å². The molecular formula is C37H28F2N6O5. The maximum Gasteiger partial charge on any atom is 0.342 e. The van der Waals surface area contributed by atoms with Crippen molar-refractivity contribution in [2.24, 2.45) is 7.05 Å². The van der Waals surface area contributed by atoms with Gasteiger partial charge in [-0.25, -0.2) is 13.6 Å². The highest BCUT2D eigenvalue weighted by molar-refractivity contribution is 6.11. The predicted octanol–water partition coefficient (Wildman–Crippen LogP) is 6.93. The Bertz CT molecular complexity index is 2640. The SMILES string of the molecule is COC(=O)c1c(N(C)c2ccc(OC)c(F)c2)[nH]c2cc(C#N)ccc12.COc1cc2c(=O)c3c4ccc(C#N)cc4[nH]c3n(C)c2cc1F. The van der Waals surface area contributed by atoms with Crippen LogP contribution in [-0.2, 0) is 11.8 Å². The van der Waals surface area contributed by atoms with Crippen LogP contribution in [0.15, 0.2) is 71.5 Å². The summed E-state index contributed by atoms with van der Waals surface area (Å²) in [6.07, 6.45) is 0. The van der Waals surface area contributed by atoms with Crippen LogP contribution in [-0.4, -0.2) is 48.9 Å². The molecule has 0 radical (unpaired) electrons. The van der Waals surface area contributed by atoms with Crippen LogP contribution in [0.2, 0.25) is 0 Å². The molecule has 7 aromatic rings. The number of benzene rings is 4. The number of aromatic amines is 2. The van der Waals surface area contributed by atoms with Crippen molar-refractivity contribution in [1.29, 1.82) is 10.5 Å². The lowest BCUT2D eigenvalue weighted by atomic mass is 10.1. The quantitative estimate of drug-likeness (QED) is 0.187. The number of nitrogens with one attached hydrogen (secondary N) is 2. The van der Waals surface area contributed by atoms with E-state index in [-0.39, 0.29) is 16.9 Å². The summed E-state index contributed by atoms with van der Waals surface area (Å²) >= 11 is 0. The normalized spacial score (nSPS) is 10.8. The van der Waals surface area contributed by atoms with E-state index in [0.717, 1.165) is 5.39 Å². The standard InChI is InChI=1S/C19H16FN3O3.C18H12FN3O2/c1-23(12-5-7-16(25-2)14(20)9-12)18-17(19(24)26-3)13-6-4-11(10-21)8-15(13)22-18;1-22-14-7-12(19)15(24-2)6-11(14)17(23)16-10-4-3-9(8-20)5-13(10)21-18(16)22/h4-9,22H,1-3H3;3-7,21H,1-2H3. The van der Waals surface area contributed by atoms with E-state index in [0.29, 0.717) is 66.6 Å². The summed E-state index contributed by atoms with van der Waals surface area (Å²) in [5.41, 5.74) is 3.94. The summed E-state index contributed by atoms with van der Waals surface area (Å²) in [6, 6.07) is 21.4. The molecule has 0 amide bonds. The van der Waals surface area contributed by atoms with Crippen molar-refractivity contribution in [1.82, 2.24) is 14.5 Å². The van der Waals surface area contributed by atoms with Crippen molar-refractivity contribution < 1.29 is 27.8 Å². The fourth-order valence-electron chi connectivity index (χ4n) is 5.95. The number of fused-ring (bicyclic) bond motifs is 5. The molecule has 0 atom stereocenters. The number of ether oxygens (including phenoxy) is 3. The molecule has 0 fully saturated rings. The maximum absolute atomic E-state index is 14.1. The van der Waals surface area contributed by atoms with E-state index in [2.05, 4.69) is 22.1 Å². The highest BCUT2D eigenvalue weighted by Crippen LogP contribution is 2.35. The second-order valence-electron chi connectivity index (χ2n) is 11.2. The van der Waals surface area contributed by atoms with E-state index in [1.807, 2.05) is 0 Å². The van der Waals surface area contributed by atoms with Crippen molar-refractivity contribution in [3.8, 4) is 23.6 Å². The van der Waals surface area contributed by atoms with Crippen LogP contribution in [0, 0.1) is 34.3 Å². The molecule has 11 nitrogen and oxygen atoms in total. The van der Waals surface area contributed by atoms with Crippen LogP contribution < -0.4 is 19.8 Å². The number of esters is 1. The number of halogens is 2. The van der Waals surface area contributed by atoms with Crippen LogP contribution in [0.25, 0.3) is 43.7 Å². The summed E-state index contributed by atoms with van der Waals surface area (Å²) in [5, 5.41) is 20.4. The summed E-state index contributed by atoms with van der Waals surface area (Å²) in [6.45, 7) is 0. The van der Waals surface area contributed by atoms with Gasteiger partial charge < -0.3 is 33.6 Å². The van der Waals surface area contributed by atoms with E-state index < -0.39 is 17.6 Å². The van der Waals surface area contributed by atoms with Crippen molar-refractivity contribution >= 4 is 61.2 Å². The highest BCUT2D eigenvalue weighted by Gasteiger charge is 2.23. The molecular weight excluding hydrogens is 646 g/mol. The first kappa shape index (κ1) is 33.1. The molecule has 50 heavy (non-hydrogen) atoms. The number of hydrogen-bond acceptors (Lipinski definition) is 8. The van der Waals surface area contributed by atoms with Gasteiger partial charge in [-0.1, -0.05) is 12.1 Å². The molecule has 3 heterocycles. The third kappa shape index (κ3) is 5.46. The van der Waals surface area contributed by atoms with Gasteiger partial charge in [-0.3, -0.25) is 4.79 Å². The van der Waals surface area contributed by atoms with Crippen LogP contribution >= 0.6 is 0 Å². The van der Waals surface area contributed by atoms with E-state index in [9.17, 15) is 18.4 Å². The maximum atomic E-state index is 14.1. The molecule has 0 spiro atoms.